The zero-order chi connectivity index (χ0) is 27.4. The fraction of sp³-hybridized carbons (Fsp3) is 0.429. The smallest absolute Gasteiger partial charge is 0.370 e. The van der Waals surface area contributed by atoms with Crippen molar-refractivity contribution in [2.24, 2.45) is 0 Å². The quantitative estimate of drug-likeness (QED) is 0.400. The first-order chi connectivity index (χ1) is 18.8. The molecule has 2 amide bonds. The lowest BCUT2D eigenvalue weighted by Crippen LogP contribution is -2.38. The highest BCUT2D eigenvalue weighted by Gasteiger charge is 2.32. The van der Waals surface area contributed by atoms with Gasteiger partial charge in [0.25, 0.3) is 5.91 Å². The SMILES string of the molecule is O=C(Nc1cc(C(F)(F)F)ccc1N1CCCC1)c1csc(C2CCN(C(=O)CCc3cccnc3)CC2)n1. The Morgan fingerprint density at radius 2 is 1.85 bits per heavy atom. The van der Waals surface area contributed by atoms with Crippen molar-refractivity contribution in [1.82, 2.24) is 14.9 Å². The van der Waals surface area contributed by atoms with E-state index in [9.17, 15) is 22.8 Å². The van der Waals surface area contributed by atoms with E-state index in [0.717, 1.165) is 61.5 Å². The lowest BCUT2D eigenvalue weighted by Gasteiger charge is -2.31. The number of nitrogens with zero attached hydrogens (tertiary/aromatic N) is 4. The third-order valence-electron chi connectivity index (χ3n) is 7.32. The Labute approximate surface area is 229 Å². The van der Waals surface area contributed by atoms with E-state index in [4.69, 9.17) is 0 Å². The number of carbonyl (C=O) groups is 2. The number of thiazole rings is 1. The van der Waals surface area contributed by atoms with Gasteiger partial charge in [0.15, 0.2) is 0 Å². The Morgan fingerprint density at radius 3 is 2.54 bits per heavy atom. The monoisotopic (exact) mass is 557 g/mol. The van der Waals surface area contributed by atoms with E-state index in [1.54, 1.807) is 17.8 Å². The summed E-state index contributed by atoms with van der Waals surface area (Å²) >= 11 is 1.38. The number of amides is 2. The minimum Gasteiger partial charge on any atom is -0.370 e. The van der Waals surface area contributed by atoms with Crippen molar-refractivity contribution < 1.29 is 22.8 Å². The second kappa shape index (κ2) is 11.7. The number of hydrogen-bond donors (Lipinski definition) is 1. The summed E-state index contributed by atoms with van der Waals surface area (Å²) in [4.78, 5) is 38.2. The molecule has 1 aromatic carbocycles. The third-order valence-corrected chi connectivity index (χ3v) is 8.33. The molecule has 0 atom stereocenters. The lowest BCUT2D eigenvalue weighted by molar-refractivity contribution is -0.137. The van der Waals surface area contributed by atoms with E-state index in [1.165, 1.54) is 17.4 Å². The molecule has 0 spiro atoms. The van der Waals surface area contributed by atoms with Gasteiger partial charge in [-0.1, -0.05) is 6.07 Å². The van der Waals surface area contributed by atoms with Gasteiger partial charge in [-0.05, 0) is 61.9 Å². The van der Waals surface area contributed by atoms with Gasteiger partial charge in [-0.25, -0.2) is 4.98 Å². The van der Waals surface area contributed by atoms with Crippen LogP contribution in [0.5, 0.6) is 0 Å². The number of pyridine rings is 1. The zero-order valence-corrected chi connectivity index (χ0v) is 22.2. The molecule has 2 fully saturated rings. The molecule has 2 aliphatic heterocycles. The van der Waals surface area contributed by atoms with E-state index in [1.807, 2.05) is 21.9 Å². The zero-order valence-electron chi connectivity index (χ0n) is 21.4. The maximum absolute atomic E-state index is 13.4. The maximum Gasteiger partial charge on any atom is 0.416 e. The van der Waals surface area contributed by atoms with Crippen LogP contribution < -0.4 is 10.2 Å². The molecule has 2 aromatic heterocycles. The van der Waals surface area contributed by atoms with Gasteiger partial charge in [-0.15, -0.1) is 11.3 Å². The van der Waals surface area contributed by atoms with Crippen LogP contribution in [0, 0.1) is 0 Å². The average Bonchev–Trinajstić information content (AvgIpc) is 3.65. The van der Waals surface area contributed by atoms with Crippen molar-refractivity contribution >= 4 is 34.5 Å². The molecular formula is C28H30F3N5O2S. The topological polar surface area (TPSA) is 78.4 Å². The molecule has 206 valence electrons. The molecule has 1 N–H and O–H groups in total. The summed E-state index contributed by atoms with van der Waals surface area (Å²) in [6, 6.07) is 7.31. The lowest BCUT2D eigenvalue weighted by atomic mass is 9.97. The second-order valence-corrected chi connectivity index (χ2v) is 10.9. The van der Waals surface area contributed by atoms with Crippen LogP contribution in [0.1, 0.15) is 64.6 Å². The van der Waals surface area contributed by atoms with Crippen molar-refractivity contribution in [2.75, 3.05) is 36.4 Å². The number of likely N-dealkylation sites (tertiary alicyclic amines) is 1. The van der Waals surface area contributed by atoms with Gasteiger partial charge in [0.1, 0.15) is 5.69 Å². The van der Waals surface area contributed by atoms with Crippen LogP contribution in [0.15, 0.2) is 48.1 Å². The molecule has 3 aromatic rings. The third kappa shape index (κ3) is 6.58. The number of aromatic nitrogens is 2. The number of aryl methyl sites for hydroxylation is 1. The molecule has 4 heterocycles. The van der Waals surface area contributed by atoms with Crippen LogP contribution in [-0.4, -0.2) is 52.9 Å². The summed E-state index contributed by atoms with van der Waals surface area (Å²) in [5, 5.41) is 5.15. The fourth-order valence-corrected chi connectivity index (χ4v) is 6.11. The number of piperidine rings is 1. The average molecular weight is 558 g/mol. The molecule has 0 bridgehead atoms. The highest BCUT2D eigenvalue weighted by atomic mass is 32.1. The highest BCUT2D eigenvalue weighted by Crippen LogP contribution is 2.37. The molecule has 0 aliphatic carbocycles. The van der Waals surface area contributed by atoms with E-state index < -0.39 is 17.6 Å². The van der Waals surface area contributed by atoms with Crippen molar-refractivity contribution in [2.45, 2.75) is 50.6 Å². The fourth-order valence-electron chi connectivity index (χ4n) is 5.14. The first-order valence-electron chi connectivity index (χ1n) is 13.2. The molecule has 11 heteroatoms. The van der Waals surface area contributed by atoms with Crippen LogP contribution in [0.3, 0.4) is 0 Å². The van der Waals surface area contributed by atoms with Crippen LogP contribution in [0.4, 0.5) is 24.5 Å². The van der Waals surface area contributed by atoms with Crippen molar-refractivity contribution in [3.8, 4) is 0 Å². The van der Waals surface area contributed by atoms with Gasteiger partial charge < -0.3 is 15.1 Å². The molecule has 5 rings (SSSR count). The number of nitrogens with one attached hydrogen (secondary N) is 1. The molecular weight excluding hydrogens is 527 g/mol. The maximum atomic E-state index is 13.4. The number of benzene rings is 1. The normalized spacial score (nSPS) is 16.5. The molecule has 0 unspecified atom stereocenters. The number of hydrogen-bond acceptors (Lipinski definition) is 6. The summed E-state index contributed by atoms with van der Waals surface area (Å²) in [5.74, 6) is -0.278. The number of alkyl halides is 3. The minimum atomic E-state index is -4.51. The number of carbonyl (C=O) groups excluding carboxylic acids is 2. The van der Waals surface area contributed by atoms with Crippen molar-refractivity contribution in [3.05, 3.63) is 69.9 Å². The standard InChI is InChI=1S/C28H30F3N5O2S/c29-28(30,31)21-6-7-24(35-12-1-2-13-35)22(16-21)33-26(38)23-18-39-27(34-23)20-9-14-36(15-10-20)25(37)8-5-19-4-3-11-32-17-19/h3-4,6-7,11,16-18,20H,1-2,5,8-10,12-15H2,(H,33,38). The second-order valence-electron chi connectivity index (χ2n) is 9.97. The Bertz CT molecular complexity index is 1300. The first-order valence-corrected chi connectivity index (χ1v) is 14.1. The van der Waals surface area contributed by atoms with Crippen LogP contribution in [0.25, 0.3) is 0 Å². The number of rotatable bonds is 7. The van der Waals surface area contributed by atoms with E-state index in [2.05, 4.69) is 15.3 Å². The molecule has 0 radical (unpaired) electrons. The summed E-state index contributed by atoms with van der Waals surface area (Å²) in [6.07, 6.45) is 3.48. The summed E-state index contributed by atoms with van der Waals surface area (Å²) < 4.78 is 40.1. The van der Waals surface area contributed by atoms with Gasteiger partial charge in [0.2, 0.25) is 5.91 Å². The van der Waals surface area contributed by atoms with Gasteiger partial charge in [0.05, 0.1) is 21.9 Å². The summed E-state index contributed by atoms with van der Waals surface area (Å²) in [5.41, 5.74) is 1.15. The van der Waals surface area contributed by atoms with Crippen molar-refractivity contribution in [3.63, 3.8) is 0 Å². The van der Waals surface area contributed by atoms with Crippen LogP contribution in [-0.2, 0) is 17.4 Å². The number of halogens is 3. The molecule has 2 saturated heterocycles. The largest absolute Gasteiger partial charge is 0.416 e. The molecule has 7 nitrogen and oxygen atoms in total. The summed E-state index contributed by atoms with van der Waals surface area (Å²) in [7, 11) is 0. The van der Waals surface area contributed by atoms with Gasteiger partial charge in [0, 0.05) is 56.3 Å². The Kier molecular flexibility index (Phi) is 8.15. The Morgan fingerprint density at radius 1 is 1.08 bits per heavy atom. The van der Waals surface area contributed by atoms with E-state index in [-0.39, 0.29) is 23.2 Å². The molecule has 39 heavy (non-hydrogen) atoms. The van der Waals surface area contributed by atoms with Crippen LogP contribution in [0.2, 0.25) is 0 Å². The molecule has 0 saturated carbocycles. The van der Waals surface area contributed by atoms with Crippen LogP contribution >= 0.6 is 11.3 Å². The predicted molar refractivity (Wildman–Crippen MR) is 144 cm³/mol. The first kappa shape index (κ1) is 27.1. The van der Waals surface area contributed by atoms with E-state index in [0.29, 0.717) is 31.6 Å². The van der Waals surface area contributed by atoms with Gasteiger partial charge in [-0.3, -0.25) is 14.6 Å². The molecule has 2 aliphatic rings. The van der Waals surface area contributed by atoms with E-state index >= 15 is 0 Å². The minimum absolute atomic E-state index is 0.117. The van der Waals surface area contributed by atoms with Gasteiger partial charge in [-0.2, -0.15) is 13.2 Å². The number of anilines is 2. The Balaban J connectivity index is 1.20. The predicted octanol–water partition coefficient (Wildman–Crippen LogP) is 5.75. The summed E-state index contributed by atoms with van der Waals surface area (Å²) in [6.45, 7) is 2.72. The highest BCUT2D eigenvalue weighted by molar-refractivity contribution is 7.10. The van der Waals surface area contributed by atoms with Gasteiger partial charge >= 0.3 is 6.18 Å². The van der Waals surface area contributed by atoms with Crippen molar-refractivity contribution in [1.29, 1.82) is 0 Å². The Hall–Kier alpha value is -3.47.